The third-order valence-corrected chi connectivity index (χ3v) is 7.03. The van der Waals surface area contributed by atoms with E-state index in [-0.39, 0.29) is 17.5 Å². The number of imidazole rings is 1. The average Bonchev–Trinajstić information content (AvgIpc) is 3.58. The number of benzene rings is 2. The van der Waals surface area contributed by atoms with Crippen LogP contribution in [0.2, 0.25) is 5.02 Å². The first-order valence-electron chi connectivity index (χ1n) is 11.8. The highest BCUT2D eigenvalue weighted by molar-refractivity contribution is 6.32. The number of carbonyl (C=O) groups excluding carboxylic acids is 1. The second-order valence-electron chi connectivity index (χ2n) is 8.86. The molecule has 1 aliphatic heterocycles. The Morgan fingerprint density at radius 2 is 2.00 bits per heavy atom. The van der Waals surface area contributed by atoms with Crippen LogP contribution in [-0.2, 0) is 0 Å². The van der Waals surface area contributed by atoms with Crippen LogP contribution in [0.4, 0.5) is 10.2 Å². The Bertz CT molecular complexity index is 1450. The van der Waals surface area contributed by atoms with Crippen LogP contribution < -0.4 is 10.1 Å². The van der Waals surface area contributed by atoms with Gasteiger partial charge in [-0.1, -0.05) is 17.7 Å². The lowest BCUT2D eigenvalue weighted by Gasteiger charge is -2.23. The quantitative estimate of drug-likeness (QED) is 0.355. The van der Waals surface area contributed by atoms with Gasteiger partial charge in [-0.2, -0.15) is 0 Å². The molecule has 0 spiro atoms. The monoisotopic (exact) mass is 508 g/mol. The molecule has 0 bridgehead atoms. The van der Waals surface area contributed by atoms with E-state index in [0.717, 1.165) is 24.0 Å². The largest absolute Gasteiger partial charge is 0.496 e. The van der Waals surface area contributed by atoms with Crippen molar-refractivity contribution in [1.82, 2.24) is 24.8 Å². The van der Waals surface area contributed by atoms with Gasteiger partial charge in [0.2, 0.25) is 0 Å². The number of H-pyrrole nitrogens is 1. The number of aromatic amines is 1. The molecule has 1 unspecified atom stereocenters. The summed E-state index contributed by atoms with van der Waals surface area (Å²) in [6, 6.07) is 6.23. The number of aromatic nitrogens is 4. The Labute approximate surface area is 212 Å². The maximum atomic E-state index is 15.2. The van der Waals surface area contributed by atoms with Gasteiger partial charge in [-0.3, -0.25) is 4.79 Å². The molecule has 36 heavy (non-hydrogen) atoms. The first-order chi connectivity index (χ1) is 17.4. The van der Waals surface area contributed by atoms with Crippen molar-refractivity contribution < 1.29 is 13.9 Å². The van der Waals surface area contributed by atoms with Gasteiger partial charge in [-0.05, 0) is 56.0 Å². The molecule has 10 heteroatoms. The zero-order chi connectivity index (χ0) is 25.4. The zero-order valence-electron chi connectivity index (χ0n) is 20.2. The van der Waals surface area contributed by atoms with Gasteiger partial charge in [0.15, 0.2) is 11.5 Å². The number of hydrogen-bond acceptors (Lipinski definition) is 6. The van der Waals surface area contributed by atoms with E-state index in [2.05, 4.69) is 25.3 Å². The van der Waals surface area contributed by atoms with Gasteiger partial charge in [0, 0.05) is 29.2 Å². The maximum Gasteiger partial charge on any atom is 0.256 e. The predicted octanol–water partition coefficient (Wildman–Crippen LogP) is 5.54. The number of halogens is 2. The van der Waals surface area contributed by atoms with Crippen LogP contribution in [0, 0.1) is 12.7 Å². The van der Waals surface area contributed by atoms with E-state index < -0.39 is 5.82 Å². The fraction of sp³-hybridized carbons (Fsp3) is 0.308. The molecule has 3 heterocycles. The standard InChI is InChI=1S/C26H26ClFN6O2/c1-14-19(27)11-18(15(2)33-25-22-24(30-12-29-22)31-13-32-25)23(36-3)21(14)16-6-7-17(20(28)10-16)26(35)34-8-4-5-9-34/h6-7,10-13,15H,4-5,8-9H2,1-3H3,(H2,29,30,31,32,33). The van der Waals surface area contributed by atoms with Crippen molar-refractivity contribution in [3.05, 3.63) is 64.5 Å². The van der Waals surface area contributed by atoms with Crippen molar-refractivity contribution in [2.75, 3.05) is 25.5 Å². The van der Waals surface area contributed by atoms with Crippen molar-refractivity contribution in [1.29, 1.82) is 0 Å². The smallest absolute Gasteiger partial charge is 0.256 e. The Morgan fingerprint density at radius 1 is 1.22 bits per heavy atom. The first-order valence-corrected chi connectivity index (χ1v) is 12.1. The molecule has 2 N–H and O–H groups in total. The summed E-state index contributed by atoms with van der Waals surface area (Å²) in [7, 11) is 1.57. The van der Waals surface area contributed by atoms with Crippen LogP contribution in [0.1, 0.15) is 47.3 Å². The second kappa shape index (κ2) is 9.73. The molecule has 1 saturated heterocycles. The Hall–Kier alpha value is -3.72. The lowest BCUT2D eigenvalue weighted by atomic mass is 9.93. The maximum absolute atomic E-state index is 15.2. The molecule has 0 radical (unpaired) electrons. The SMILES string of the molecule is COc1c(C(C)Nc2ncnc3nc[nH]c23)cc(Cl)c(C)c1-c1ccc(C(=O)N2CCCC2)c(F)c1. The second-order valence-corrected chi connectivity index (χ2v) is 9.27. The van der Waals surface area contributed by atoms with Gasteiger partial charge in [-0.25, -0.2) is 19.3 Å². The van der Waals surface area contributed by atoms with Crippen LogP contribution in [-0.4, -0.2) is 50.9 Å². The molecule has 2 aromatic heterocycles. The lowest BCUT2D eigenvalue weighted by Crippen LogP contribution is -2.28. The highest BCUT2D eigenvalue weighted by Crippen LogP contribution is 2.43. The number of anilines is 1. The number of carbonyl (C=O) groups is 1. The number of amides is 1. The van der Waals surface area contributed by atoms with Crippen LogP contribution in [0.3, 0.4) is 0 Å². The summed E-state index contributed by atoms with van der Waals surface area (Å²) >= 11 is 6.65. The fourth-order valence-electron chi connectivity index (χ4n) is 4.73. The molecule has 0 saturated carbocycles. The molecule has 2 aromatic carbocycles. The number of fused-ring (bicyclic) bond motifs is 1. The van der Waals surface area contributed by atoms with Gasteiger partial charge in [0.05, 0.1) is 25.0 Å². The normalized spacial score (nSPS) is 14.3. The van der Waals surface area contributed by atoms with E-state index in [1.54, 1.807) is 30.5 Å². The van der Waals surface area contributed by atoms with Gasteiger partial charge in [0.1, 0.15) is 23.4 Å². The van der Waals surface area contributed by atoms with E-state index in [4.69, 9.17) is 16.3 Å². The van der Waals surface area contributed by atoms with Crippen LogP contribution >= 0.6 is 11.6 Å². The predicted molar refractivity (Wildman–Crippen MR) is 137 cm³/mol. The number of nitrogens with one attached hydrogen (secondary N) is 2. The molecule has 4 aromatic rings. The molecule has 0 aliphatic carbocycles. The number of methoxy groups -OCH3 is 1. The van der Waals surface area contributed by atoms with Crippen molar-refractivity contribution in [3.8, 4) is 16.9 Å². The Kier molecular flexibility index (Phi) is 6.49. The van der Waals surface area contributed by atoms with Crippen molar-refractivity contribution >= 4 is 34.5 Å². The first kappa shape index (κ1) is 24.0. The van der Waals surface area contributed by atoms with E-state index in [9.17, 15) is 4.79 Å². The van der Waals surface area contributed by atoms with Gasteiger partial charge < -0.3 is 19.9 Å². The minimum Gasteiger partial charge on any atom is -0.496 e. The van der Waals surface area contributed by atoms with Gasteiger partial charge in [0.25, 0.3) is 5.91 Å². The summed E-state index contributed by atoms with van der Waals surface area (Å²) in [4.78, 5) is 30.2. The topological polar surface area (TPSA) is 96.0 Å². The summed E-state index contributed by atoms with van der Waals surface area (Å²) in [6.45, 7) is 5.14. The molecule has 1 aliphatic rings. The summed E-state index contributed by atoms with van der Waals surface area (Å²) in [5.41, 5.74) is 4.07. The van der Waals surface area contributed by atoms with Crippen molar-refractivity contribution in [2.24, 2.45) is 0 Å². The molecular formula is C26H26ClFN6O2. The zero-order valence-corrected chi connectivity index (χ0v) is 21.0. The number of hydrogen-bond donors (Lipinski definition) is 2. The minimum absolute atomic E-state index is 0.0712. The van der Waals surface area contributed by atoms with Crippen molar-refractivity contribution in [2.45, 2.75) is 32.7 Å². The van der Waals surface area contributed by atoms with E-state index in [0.29, 0.717) is 52.0 Å². The van der Waals surface area contributed by atoms with Crippen LogP contribution in [0.15, 0.2) is 36.9 Å². The molecule has 1 amide bonds. The molecule has 1 fully saturated rings. The average molecular weight is 509 g/mol. The summed E-state index contributed by atoms with van der Waals surface area (Å²) in [5, 5.41) is 3.88. The van der Waals surface area contributed by atoms with E-state index >= 15 is 4.39 Å². The Balaban J connectivity index is 1.54. The van der Waals surface area contributed by atoms with Crippen molar-refractivity contribution in [3.63, 3.8) is 0 Å². The summed E-state index contributed by atoms with van der Waals surface area (Å²) in [6.07, 6.45) is 4.89. The third kappa shape index (κ3) is 4.24. The number of rotatable bonds is 6. The lowest BCUT2D eigenvalue weighted by molar-refractivity contribution is 0.0788. The van der Waals surface area contributed by atoms with E-state index in [1.165, 1.54) is 12.4 Å². The number of likely N-dealkylation sites (tertiary alicyclic amines) is 1. The molecule has 1 atom stereocenters. The minimum atomic E-state index is -0.568. The fourth-order valence-corrected chi connectivity index (χ4v) is 4.94. The molecule has 5 rings (SSSR count). The van der Waals surface area contributed by atoms with Gasteiger partial charge >= 0.3 is 0 Å². The highest BCUT2D eigenvalue weighted by atomic mass is 35.5. The van der Waals surface area contributed by atoms with E-state index in [1.807, 2.05) is 19.9 Å². The summed E-state index contributed by atoms with van der Waals surface area (Å²) < 4.78 is 21.1. The number of nitrogens with zero attached hydrogens (tertiary/aromatic N) is 4. The van der Waals surface area contributed by atoms with Gasteiger partial charge in [-0.15, -0.1) is 0 Å². The molecular weight excluding hydrogens is 483 g/mol. The molecule has 8 nitrogen and oxygen atoms in total. The van der Waals surface area contributed by atoms with Crippen LogP contribution in [0.5, 0.6) is 5.75 Å². The van der Waals surface area contributed by atoms with Crippen LogP contribution in [0.25, 0.3) is 22.3 Å². The summed E-state index contributed by atoms with van der Waals surface area (Å²) in [5.74, 6) is 0.298. The Morgan fingerprint density at radius 3 is 2.72 bits per heavy atom. The highest BCUT2D eigenvalue weighted by Gasteiger charge is 2.25. The third-order valence-electron chi connectivity index (χ3n) is 6.63. The number of ether oxygens (including phenoxy) is 1. The molecule has 186 valence electrons.